The highest BCUT2D eigenvalue weighted by Crippen LogP contribution is 2.13. The molecule has 6 nitrogen and oxygen atoms in total. The Bertz CT molecular complexity index is 599. The third kappa shape index (κ3) is 4.25. The number of aromatic nitrogens is 2. The van der Waals surface area contributed by atoms with Crippen molar-refractivity contribution in [1.29, 1.82) is 0 Å². The predicted octanol–water partition coefficient (Wildman–Crippen LogP) is 1.66. The summed E-state index contributed by atoms with van der Waals surface area (Å²) in [5.41, 5.74) is 1.98. The molecule has 2 heterocycles. The van der Waals surface area contributed by atoms with Crippen LogP contribution in [0.5, 0.6) is 5.88 Å². The van der Waals surface area contributed by atoms with E-state index < -0.39 is 0 Å². The summed E-state index contributed by atoms with van der Waals surface area (Å²) in [6, 6.07) is 6.95. The van der Waals surface area contributed by atoms with Gasteiger partial charge in [0.25, 0.3) is 5.91 Å². The van der Waals surface area contributed by atoms with Gasteiger partial charge < -0.3 is 15.2 Å². The molecule has 2 aromatic heterocycles. The molecule has 0 fully saturated rings. The number of aliphatic hydroxyl groups excluding tert-OH is 1. The summed E-state index contributed by atoms with van der Waals surface area (Å²) < 4.78 is 5.14. The predicted molar refractivity (Wildman–Crippen MR) is 78.4 cm³/mol. The molecule has 6 heteroatoms. The Morgan fingerprint density at radius 1 is 1.33 bits per heavy atom. The van der Waals surface area contributed by atoms with E-state index >= 15 is 0 Å². The number of carbonyl (C=O) groups is 1. The summed E-state index contributed by atoms with van der Waals surface area (Å²) in [5, 5.41) is 11.4. The minimum Gasteiger partial charge on any atom is -0.475 e. The van der Waals surface area contributed by atoms with Gasteiger partial charge in [-0.05, 0) is 30.2 Å². The number of hydrogen-bond acceptors (Lipinski definition) is 5. The second-order valence-electron chi connectivity index (χ2n) is 4.31. The van der Waals surface area contributed by atoms with Crippen LogP contribution in [0.25, 0.3) is 0 Å². The molecule has 0 aliphatic heterocycles. The molecule has 0 unspecified atom stereocenters. The molecule has 21 heavy (non-hydrogen) atoms. The second-order valence-corrected chi connectivity index (χ2v) is 4.31. The van der Waals surface area contributed by atoms with Gasteiger partial charge in [-0.1, -0.05) is 6.92 Å². The van der Waals surface area contributed by atoms with Gasteiger partial charge >= 0.3 is 0 Å². The number of amides is 1. The molecule has 1 amide bonds. The van der Waals surface area contributed by atoms with Crippen molar-refractivity contribution in [3.05, 3.63) is 47.9 Å². The van der Waals surface area contributed by atoms with Crippen molar-refractivity contribution in [3.63, 3.8) is 0 Å². The second kappa shape index (κ2) is 7.35. The zero-order valence-electron chi connectivity index (χ0n) is 11.7. The lowest BCUT2D eigenvalue weighted by atomic mass is 10.2. The van der Waals surface area contributed by atoms with E-state index in [4.69, 9.17) is 9.84 Å². The van der Waals surface area contributed by atoms with Crippen LogP contribution in [-0.4, -0.2) is 34.2 Å². The topological polar surface area (TPSA) is 84.3 Å². The van der Waals surface area contributed by atoms with E-state index in [0.29, 0.717) is 17.3 Å². The lowest BCUT2D eigenvalue weighted by Gasteiger charge is -2.07. The van der Waals surface area contributed by atoms with E-state index in [9.17, 15) is 4.79 Å². The highest BCUT2D eigenvalue weighted by molar-refractivity contribution is 6.02. The van der Waals surface area contributed by atoms with Gasteiger partial charge in [0.15, 0.2) is 0 Å². The smallest absolute Gasteiger partial charge is 0.274 e. The van der Waals surface area contributed by atoms with Gasteiger partial charge in [-0.15, -0.1) is 0 Å². The van der Waals surface area contributed by atoms with Gasteiger partial charge in [0.2, 0.25) is 5.88 Å². The largest absolute Gasteiger partial charge is 0.475 e. The maximum atomic E-state index is 12.1. The quantitative estimate of drug-likeness (QED) is 0.844. The summed E-state index contributed by atoms with van der Waals surface area (Å²) in [7, 11) is 0. The molecule has 0 radical (unpaired) electrons. The normalized spacial score (nSPS) is 10.2. The summed E-state index contributed by atoms with van der Waals surface area (Å²) in [6.07, 6.45) is 3.97. The number of rotatable bonds is 6. The van der Waals surface area contributed by atoms with Crippen molar-refractivity contribution in [3.8, 4) is 5.88 Å². The molecule has 2 aromatic rings. The molecule has 0 aromatic carbocycles. The molecule has 0 saturated heterocycles. The van der Waals surface area contributed by atoms with E-state index in [1.54, 1.807) is 24.4 Å². The molecule has 0 spiro atoms. The average molecular weight is 287 g/mol. The first kappa shape index (κ1) is 14.9. The van der Waals surface area contributed by atoms with E-state index in [0.717, 1.165) is 12.0 Å². The molecule has 0 aliphatic carbocycles. The Labute approximate surface area is 122 Å². The van der Waals surface area contributed by atoms with Crippen molar-refractivity contribution in [2.45, 2.75) is 13.3 Å². The molecule has 0 aliphatic rings. The fourth-order valence-corrected chi connectivity index (χ4v) is 1.70. The van der Waals surface area contributed by atoms with Crippen LogP contribution >= 0.6 is 0 Å². The summed E-state index contributed by atoms with van der Waals surface area (Å²) in [4.78, 5) is 20.2. The molecule has 110 valence electrons. The monoisotopic (exact) mass is 287 g/mol. The van der Waals surface area contributed by atoms with Gasteiger partial charge in [-0.3, -0.25) is 9.78 Å². The van der Waals surface area contributed by atoms with Crippen molar-refractivity contribution in [1.82, 2.24) is 9.97 Å². The van der Waals surface area contributed by atoms with Crippen LogP contribution in [0.4, 0.5) is 5.69 Å². The minimum absolute atomic E-state index is 0.0698. The highest BCUT2D eigenvalue weighted by Gasteiger charge is 2.08. The SMILES string of the molecule is CCc1ccnc(C(=O)Nc2ccc(OCCO)nc2)c1. The maximum absolute atomic E-state index is 12.1. The van der Waals surface area contributed by atoms with Crippen LogP contribution in [0.15, 0.2) is 36.7 Å². The molecule has 0 saturated carbocycles. The summed E-state index contributed by atoms with van der Waals surface area (Å²) >= 11 is 0. The molecule has 2 N–H and O–H groups in total. The third-order valence-electron chi connectivity index (χ3n) is 2.80. The van der Waals surface area contributed by atoms with Gasteiger partial charge in [0, 0.05) is 12.3 Å². The fraction of sp³-hybridized carbons (Fsp3) is 0.267. The van der Waals surface area contributed by atoms with Crippen LogP contribution in [0.1, 0.15) is 23.0 Å². The maximum Gasteiger partial charge on any atom is 0.274 e. The van der Waals surface area contributed by atoms with Gasteiger partial charge in [-0.2, -0.15) is 0 Å². The van der Waals surface area contributed by atoms with Gasteiger partial charge in [0.1, 0.15) is 12.3 Å². The van der Waals surface area contributed by atoms with Crippen molar-refractivity contribution < 1.29 is 14.6 Å². The van der Waals surface area contributed by atoms with Crippen LogP contribution < -0.4 is 10.1 Å². The van der Waals surface area contributed by atoms with Gasteiger partial charge in [-0.25, -0.2) is 4.98 Å². The first-order valence-corrected chi connectivity index (χ1v) is 6.69. The van der Waals surface area contributed by atoms with Crippen molar-refractivity contribution >= 4 is 11.6 Å². The Hall–Kier alpha value is -2.47. The van der Waals surface area contributed by atoms with Crippen molar-refractivity contribution in [2.75, 3.05) is 18.5 Å². The Kier molecular flexibility index (Phi) is 5.22. The van der Waals surface area contributed by atoms with Crippen LogP contribution in [0, 0.1) is 0 Å². The Morgan fingerprint density at radius 2 is 2.19 bits per heavy atom. The Balaban J connectivity index is 2.01. The number of nitrogens with one attached hydrogen (secondary N) is 1. The number of aryl methyl sites for hydroxylation is 1. The van der Waals surface area contributed by atoms with Crippen LogP contribution in [0.3, 0.4) is 0 Å². The van der Waals surface area contributed by atoms with E-state index in [1.807, 2.05) is 13.0 Å². The number of carbonyl (C=O) groups excluding carboxylic acids is 1. The summed E-state index contributed by atoms with van der Waals surface area (Å²) in [5.74, 6) is 0.115. The third-order valence-corrected chi connectivity index (χ3v) is 2.80. The molecular formula is C15H17N3O3. The van der Waals surface area contributed by atoms with Gasteiger partial charge in [0.05, 0.1) is 18.5 Å². The number of anilines is 1. The standard InChI is InChI=1S/C15H17N3O3/c1-2-11-5-6-16-13(9-11)15(20)18-12-3-4-14(17-10-12)21-8-7-19/h3-6,9-10,19H,2,7-8H2,1H3,(H,18,20). The zero-order valence-corrected chi connectivity index (χ0v) is 11.7. The first-order chi connectivity index (χ1) is 10.2. The number of ether oxygens (including phenoxy) is 1. The molecule has 0 atom stereocenters. The fourth-order valence-electron chi connectivity index (χ4n) is 1.70. The zero-order chi connectivity index (χ0) is 15.1. The summed E-state index contributed by atoms with van der Waals surface area (Å²) in [6.45, 7) is 2.14. The van der Waals surface area contributed by atoms with E-state index in [2.05, 4.69) is 15.3 Å². The molecular weight excluding hydrogens is 270 g/mol. The lowest BCUT2D eigenvalue weighted by Crippen LogP contribution is -2.14. The lowest BCUT2D eigenvalue weighted by molar-refractivity contribution is 0.102. The molecule has 0 bridgehead atoms. The molecule has 2 rings (SSSR count). The van der Waals surface area contributed by atoms with Crippen molar-refractivity contribution in [2.24, 2.45) is 0 Å². The Morgan fingerprint density at radius 3 is 2.86 bits per heavy atom. The highest BCUT2D eigenvalue weighted by atomic mass is 16.5. The number of nitrogens with zero attached hydrogens (tertiary/aromatic N) is 2. The van der Waals surface area contributed by atoms with Crippen LogP contribution in [-0.2, 0) is 6.42 Å². The first-order valence-electron chi connectivity index (χ1n) is 6.69. The number of hydrogen-bond donors (Lipinski definition) is 2. The minimum atomic E-state index is -0.281. The number of aliphatic hydroxyl groups is 1. The van der Waals surface area contributed by atoms with Crippen LogP contribution in [0.2, 0.25) is 0 Å². The number of pyridine rings is 2. The van der Waals surface area contributed by atoms with E-state index in [-0.39, 0.29) is 19.1 Å². The average Bonchev–Trinajstić information content (AvgIpc) is 2.54. The van der Waals surface area contributed by atoms with E-state index in [1.165, 1.54) is 6.20 Å².